The van der Waals surface area contributed by atoms with E-state index in [4.69, 9.17) is 9.47 Å². The largest absolute Gasteiger partial charge is 0.505 e. The van der Waals surface area contributed by atoms with Crippen molar-refractivity contribution in [3.8, 4) is 0 Å². The van der Waals surface area contributed by atoms with Crippen molar-refractivity contribution in [2.24, 2.45) is 0 Å². The van der Waals surface area contributed by atoms with Crippen molar-refractivity contribution >= 4 is 11.7 Å². The summed E-state index contributed by atoms with van der Waals surface area (Å²) in [5.74, 6) is -0.824. The number of hydrogen-bond donors (Lipinski definition) is 1. The van der Waals surface area contributed by atoms with E-state index >= 15 is 0 Å². The van der Waals surface area contributed by atoms with Crippen LogP contribution in [0.25, 0.3) is 5.76 Å². The van der Waals surface area contributed by atoms with Crippen LogP contribution in [0.4, 0.5) is 0 Å². The molecule has 1 unspecified atom stereocenters. The molecule has 3 rings (SSSR count). The zero-order valence-corrected chi connectivity index (χ0v) is 18.2. The molecule has 1 aliphatic rings. The average Bonchev–Trinajstić information content (AvgIpc) is 3.02. The van der Waals surface area contributed by atoms with Crippen LogP contribution in [-0.2, 0) is 27.4 Å². The fourth-order valence-corrected chi connectivity index (χ4v) is 3.54. The summed E-state index contributed by atoms with van der Waals surface area (Å²) in [5, 5.41) is 10.7. The highest BCUT2D eigenvalue weighted by Crippen LogP contribution is 2.31. The molecule has 0 spiro atoms. The molecule has 1 aromatic heterocycles. The van der Waals surface area contributed by atoms with Crippen LogP contribution in [0.2, 0.25) is 0 Å². The first-order valence-corrected chi connectivity index (χ1v) is 10.2. The third-order valence-electron chi connectivity index (χ3n) is 5.08. The number of ether oxygens (including phenoxy) is 2. The standard InChI is InChI=1S/C24H29NO5/c1-6-20(29-14-16-10-8-7-9-11-16)17-12-19-21(26)18(23(28)30-24(3,4)5)13-25(19)22(27)15(17)2/h7-12,20,26H,6,13-14H2,1-5H3. The molecule has 0 radical (unpaired) electrons. The lowest BCUT2D eigenvalue weighted by molar-refractivity contribution is -0.150. The highest BCUT2D eigenvalue weighted by atomic mass is 16.6. The number of benzene rings is 1. The van der Waals surface area contributed by atoms with Crippen molar-refractivity contribution in [3.63, 3.8) is 0 Å². The van der Waals surface area contributed by atoms with Gasteiger partial charge in [0.25, 0.3) is 5.56 Å². The van der Waals surface area contributed by atoms with Gasteiger partial charge in [0.1, 0.15) is 11.2 Å². The van der Waals surface area contributed by atoms with E-state index in [9.17, 15) is 14.7 Å². The van der Waals surface area contributed by atoms with Crippen molar-refractivity contribution in [1.29, 1.82) is 0 Å². The number of pyridine rings is 1. The second kappa shape index (κ2) is 8.48. The van der Waals surface area contributed by atoms with Gasteiger partial charge in [-0.15, -0.1) is 0 Å². The van der Waals surface area contributed by atoms with Crippen LogP contribution in [0.3, 0.4) is 0 Å². The fraction of sp³-hybridized carbons (Fsp3) is 0.417. The lowest BCUT2D eigenvalue weighted by Gasteiger charge is -2.20. The average molecular weight is 411 g/mol. The molecule has 2 heterocycles. The molecule has 1 aromatic carbocycles. The Balaban J connectivity index is 1.92. The fourth-order valence-electron chi connectivity index (χ4n) is 3.54. The van der Waals surface area contributed by atoms with Crippen molar-refractivity contribution < 1.29 is 19.4 Å². The highest BCUT2D eigenvalue weighted by Gasteiger charge is 2.32. The topological polar surface area (TPSA) is 77.8 Å². The molecule has 1 N–H and O–H groups in total. The van der Waals surface area contributed by atoms with Crippen molar-refractivity contribution in [3.05, 3.63) is 74.7 Å². The van der Waals surface area contributed by atoms with E-state index in [2.05, 4.69) is 0 Å². The molecule has 1 atom stereocenters. The van der Waals surface area contributed by atoms with Crippen molar-refractivity contribution in [2.75, 3.05) is 0 Å². The molecule has 6 heteroatoms. The maximum Gasteiger partial charge on any atom is 0.340 e. The number of carbonyl (C=O) groups is 1. The third-order valence-corrected chi connectivity index (χ3v) is 5.08. The first-order chi connectivity index (χ1) is 14.1. The number of aliphatic hydroxyl groups excluding tert-OH is 1. The second-order valence-electron chi connectivity index (χ2n) is 8.52. The van der Waals surface area contributed by atoms with Gasteiger partial charge in [0.05, 0.1) is 24.9 Å². The molecule has 0 saturated carbocycles. The Bertz CT molecular complexity index is 1030. The van der Waals surface area contributed by atoms with E-state index in [-0.39, 0.29) is 29.5 Å². The minimum Gasteiger partial charge on any atom is -0.505 e. The number of aromatic nitrogens is 1. The number of aliphatic hydroxyl groups is 1. The molecule has 0 saturated heterocycles. The van der Waals surface area contributed by atoms with Crippen molar-refractivity contribution in [1.82, 2.24) is 4.57 Å². The van der Waals surface area contributed by atoms with Crippen LogP contribution >= 0.6 is 0 Å². The summed E-state index contributed by atoms with van der Waals surface area (Å²) in [6, 6.07) is 11.6. The zero-order chi connectivity index (χ0) is 22.1. The number of esters is 1. The lowest BCUT2D eigenvalue weighted by atomic mass is 10.0. The number of fused-ring (bicyclic) bond motifs is 1. The summed E-state index contributed by atoms with van der Waals surface area (Å²) in [7, 11) is 0. The van der Waals surface area contributed by atoms with E-state index in [1.807, 2.05) is 37.3 Å². The number of nitrogens with zero attached hydrogens (tertiary/aromatic N) is 1. The summed E-state index contributed by atoms with van der Waals surface area (Å²) in [4.78, 5) is 25.5. The van der Waals surface area contributed by atoms with Gasteiger partial charge in [-0.2, -0.15) is 0 Å². The summed E-state index contributed by atoms with van der Waals surface area (Å²) in [6.07, 6.45) is 0.363. The van der Waals surface area contributed by atoms with Gasteiger partial charge >= 0.3 is 5.97 Å². The van der Waals surface area contributed by atoms with E-state index in [1.165, 1.54) is 4.57 Å². The predicted molar refractivity (Wildman–Crippen MR) is 115 cm³/mol. The Morgan fingerprint density at radius 3 is 2.50 bits per heavy atom. The van der Waals surface area contributed by atoms with Crippen LogP contribution in [0.5, 0.6) is 0 Å². The van der Waals surface area contributed by atoms with Gasteiger partial charge in [0.2, 0.25) is 0 Å². The molecular formula is C24H29NO5. The number of carbonyl (C=O) groups excluding carboxylic acids is 1. The van der Waals surface area contributed by atoms with Gasteiger partial charge in [-0.3, -0.25) is 4.79 Å². The van der Waals surface area contributed by atoms with Crippen molar-refractivity contribution in [2.45, 2.75) is 65.9 Å². The Morgan fingerprint density at radius 2 is 1.90 bits per heavy atom. The minimum atomic E-state index is -0.691. The van der Waals surface area contributed by atoms with Gasteiger partial charge in [-0.05, 0) is 51.3 Å². The monoisotopic (exact) mass is 411 g/mol. The van der Waals surface area contributed by atoms with Crippen LogP contribution in [-0.4, -0.2) is 21.2 Å². The Kier molecular flexibility index (Phi) is 6.17. The van der Waals surface area contributed by atoms with E-state index < -0.39 is 11.6 Å². The Labute approximate surface area is 176 Å². The van der Waals surface area contributed by atoms with Gasteiger partial charge < -0.3 is 19.1 Å². The molecule has 160 valence electrons. The summed E-state index contributed by atoms with van der Waals surface area (Å²) >= 11 is 0. The van der Waals surface area contributed by atoms with Gasteiger partial charge in [-0.25, -0.2) is 4.79 Å². The molecule has 0 amide bonds. The quantitative estimate of drug-likeness (QED) is 0.711. The Morgan fingerprint density at radius 1 is 1.23 bits per heavy atom. The first kappa shape index (κ1) is 21.8. The number of hydrogen-bond acceptors (Lipinski definition) is 5. The van der Waals surface area contributed by atoms with Crippen LogP contribution < -0.4 is 5.56 Å². The molecule has 6 nitrogen and oxygen atoms in total. The number of rotatable bonds is 6. The Hall–Kier alpha value is -2.86. The second-order valence-corrected chi connectivity index (χ2v) is 8.52. The SMILES string of the molecule is CCC(OCc1ccccc1)c1cc2n(c(=O)c1C)CC(C(=O)OC(C)(C)C)=C2O. The first-order valence-electron chi connectivity index (χ1n) is 10.2. The van der Waals surface area contributed by atoms with E-state index in [1.54, 1.807) is 33.8 Å². The summed E-state index contributed by atoms with van der Waals surface area (Å²) in [5.41, 5.74) is 1.80. The van der Waals surface area contributed by atoms with Crippen LogP contribution in [0.15, 0.2) is 46.8 Å². The van der Waals surface area contributed by atoms with E-state index in [0.717, 1.165) is 11.1 Å². The van der Waals surface area contributed by atoms with Gasteiger partial charge in [-0.1, -0.05) is 37.3 Å². The summed E-state index contributed by atoms with van der Waals surface area (Å²) in [6.45, 7) is 9.43. The highest BCUT2D eigenvalue weighted by molar-refractivity contribution is 5.97. The molecule has 0 fully saturated rings. The smallest absolute Gasteiger partial charge is 0.340 e. The normalized spacial score (nSPS) is 14.6. The zero-order valence-electron chi connectivity index (χ0n) is 18.2. The molecule has 2 aromatic rings. The molecule has 30 heavy (non-hydrogen) atoms. The van der Waals surface area contributed by atoms with Crippen LogP contribution in [0, 0.1) is 6.92 Å². The van der Waals surface area contributed by atoms with Crippen LogP contribution in [0.1, 0.15) is 62.6 Å². The van der Waals surface area contributed by atoms with Gasteiger partial charge in [0, 0.05) is 5.56 Å². The molecular weight excluding hydrogens is 382 g/mol. The molecule has 1 aliphatic heterocycles. The summed E-state index contributed by atoms with van der Waals surface area (Å²) < 4.78 is 12.9. The molecule has 0 bridgehead atoms. The lowest BCUT2D eigenvalue weighted by Crippen LogP contribution is -2.28. The molecule has 0 aliphatic carbocycles. The minimum absolute atomic E-state index is 0.00228. The predicted octanol–water partition coefficient (Wildman–Crippen LogP) is 4.45. The van der Waals surface area contributed by atoms with E-state index in [0.29, 0.717) is 24.3 Å². The third kappa shape index (κ3) is 4.49. The maximum atomic E-state index is 13.0. The van der Waals surface area contributed by atoms with Gasteiger partial charge in [0.15, 0.2) is 5.76 Å². The maximum absolute atomic E-state index is 13.0.